The Morgan fingerprint density at radius 2 is 1.90 bits per heavy atom. The minimum atomic E-state index is -2.72. The van der Waals surface area contributed by atoms with Crippen LogP contribution >= 0.6 is 11.6 Å². The van der Waals surface area contributed by atoms with E-state index >= 15 is 0 Å². The Labute approximate surface area is 244 Å². The predicted octanol–water partition coefficient (Wildman–Crippen LogP) is 0.783. The van der Waals surface area contributed by atoms with E-state index in [1.54, 1.807) is 35.2 Å². The number of hydrogen-bond acceptors (Lipinski definition) is 11. The molecule has 3 aromatic rings. The van der Waals surface area contributed by atoms with Gasteiger partial charge in [0, 0.05) is 19.5 Å². The van der Waals surface area contributed by atoms with Crippen LogP contribution in [0.1, 0.15) is 25.1 Å². The molecule has 5 atom stereocenters. The topological polar surface area (TPSA) is 201 Å². The molecule has 0 aliphatic carbocycles. The molecule has 0 amide bonds. The zero-order valence-electron chi connectivity index (χ0n) is 22.5. The van der Waals surface area contributed by atoms with Crippen molar-refractivity contribution in [1.82, 2.24) is 19.5 Å². The standard InChI is InChI=1S/C27H30ClN5O9/c1-14(2)27(40)17(12-41-26(23(36)37,24(38)39)10-15-6-4-3-5-7-15)42-22(19(27)35)33-13-29-18-20(30-25(28)31-21(18)33)32-9-8-16(34)11-32/h3-7,13,16-17,19,22,34-35,40H,1,8-12H2,2H3,(H,36,37)(H,38,39)/t16-,17?,19+,22-,27-/m1/s1. The van der Waals surface area contributed by atoms with Gasteiger partial charge in [-0.25, -0.2) is 14.6 Å². The first-order valence-electron chi connectivity index (χ1n) is 13.1. The molecule has 0 radical (unpaired) electrons. The van der Waals surface area contributed by atoms with E-state index in [1.807, 2.05) is 0 Å². The lowest BCUT2D eigenvalue weighted by atomic mass is 9.85. The summed E-state index contributed by atoms with van der Waals surface area (Å²) < 4.78 is 12.9. The molecule has 15 heteroatoms. The van der Waals surface area contributed by atoms with Crippen LogP contribution in [0, 0.1) is 0 Å². The van der Waals surface area contributed by atoms with Crippen LogP contribution in [-0.2, 0) is 25.5 Å². The number of imidazole rings is 1. The molecule has 2 aromatic heterocycles. The molecule has 42 heavy (non-hydrogen) atoms. The highest BCUT2D eigenvalue weighted by Gasteiger charge is 2.58. The van der Waals surface area contributed by atoms with Gasteiger partial charge in [-0.2, -0.15) is 9.97 Å². The second-order valence-electron chi connectivity index (χ2n) is 10.5. The SMILES string of the molecule is C=C(C)[C@@]1(O)C(COC(Cc2ccccc2)(C(=O)O)C(=O)O)O[C@@H](n2cnc3c(N4CC[C@@H](O)C4)nc(Cl)nc32)[C@@H]1O. The zero-order chi connectivity index (χ0) is 30.4. The quantitative estimate of drug-likeness (QED) is 0.124. The third-order valence-corrected chi connectivity index (χ3v) is 7.95. The Morgan fingerprint density at radius 1 is 1.21 bits per heavy atom. The molecule has 2 saturated heterocycles. The first kappa shape index (κ1) is 29.8. The summed E-state index contributed by atoms with van der Waals surface area (Å²) in [5.41, 5.74) is -3.98. The van der Waals surface area contributed by atoms with Crippen LogP contribution < -0.4 is 4.90 Å². The van der Waals surface area contributed by atoms with Crippen molar-refractivity contribution in [3.63, 3.8) is 0 Å². The van der Waals surface area contributed by atoms with Crippen LogP contribution in [0.15, 0.2) is 48.8 Å². The molecule has 14 nitrogen and oxygen atoms in total. The summed E-state index contributed by atoms with van der Waals surface area (Å²) in [7, 11) is 0. The number of carboxylic acids is 2. The molecule has 224 valence electrons. The van der Waals surface area contributed by atoms with Crippen molar-refractivity contribution in [3.8, 4) is 0 Å². The average molecular weight is 604 g/mol. The van der Waals surface area contributed by atoms with Crippen molar-refractivity contribution in [2.24, 2.45) is 0 Å². The number of fused-ring (bicyclic) bond motifs is 1. The maximum atomic E-state index is 12.3. The van der Waals surface area contributed by atoms with Crippen molar-refractivity contribution in [1.29, 1.82) is 0 Å². The van der Waals surface area contributed by atoms with Gasteiger partial charge in [0.25, 0.3) is 5.60 Å². The molecule has 2 fully saturated rings. The number of aliphatic carboxylic acids is 2. The van der Waals surface area contributed by atoms with E-state index in [2.05, 4.69) is 21.5 Å². The third-order valence-electron chi connectivity index (χ3n) is 7.78. The number of aromatic nitrogens is 4. The number of hydrogen-bond donors (Lipinski definition) is 5. The lowest BCUT2D eigenvalue weighted by Gasteiger charge is -2.33. The number of nitrogens with zero attached hydrogens (tertiary/aromatic N) is 5. The van der Waals surface area contributed by atoms with E-state index in [0.29, 0.717) is 36.4 Å². The second kappa shape index (κ2) is 11.2. The number of carbonyl (C=O) groups is 2. The number of aliphatic hydroxyl groups excluding tert-OH is 2. The van der Waals surface area contributed by atoms with E-state index < -0.39 is 60.7 Å². The number of aliphatic hydroxyl groups is 3. The molecular weight excluding hydrogens is 574 g/mol. The summed E-state index contributed by atoms with van der Waals surface area (Å²) in [4.78, 5) is 39.3. The normalized spacial score (nSPS) is 26.2. The summed E-state index contributed by atoms with van der Waals surface area (Å²) in [5.74, 6) is -3.13. The van der Waals surface area contributed by atoms with E-state index in [-0.39, 0.29) is 16.5 Å². The van der Waals surface area contributed by atoms with Crippen LogP contribution in [0.3, 0.4) is 0 Å². The van der Waals surface area contributed by atoms with Crippen LogP contribution in [0.2, 0.25) is 5.28 Å². The van der Waals surface area contributed by atoms with Gasteiger partial charge in [0.05, 0.1) is 19.0 Å². The van der Waals surface area contributed by atoms with Crippen molar-refractivity contribution >= 4 is 40.5 Å². The number of halogens is 1. The van der Waals surface area contributed by atoms with Gasteiger partial charge in [-0.15, -0.1) is 0 Å². The van der Waals surface area contributed by atoms with Crippen molar-refractivity contribution in [2.75, 3.05) is 24.6 Å². The third kappa shape index (κ3) is 4.99. The predicted molar refractivity (Wildman–Crippen MR) is 147 cm³/mol. The van der Waals surface area contributed by atoms with E-state index in [1.165, 1.54) is 17.8 Å². The molecule has 0 spiro atoms. The number of ether oxygens (including phenoxy) is 2. The monoisotopic (exact) mass is 603 g/mol. The zero-order valence-corrected chi connectivity index (χ0v) is 23.3. The Kier molecular flexibility index (Phi) is 7.96. The highest BCUT2D eigenvalue weighted by molar-refractivity contribution is 6.28. The molecule has 1 unspecified atom stereocenters. The van der Waals surface area contributed by atoms with Crippen LogP contribution in [0.4, 0.5) is 5.82 Å². The van der Waals surface area contributed by atoms with Gasteiger partial charge in [0.1, 0.15) is 17.8 Å². The lowest BCUT2D eigenvalue weighted by Crippen LogP contribution is -2.55. The van der Waals surface area contributed by atoms with Gasteiger partial charge in [-0.1, -0.05) is 36.9 Å². The van der Waals surface area contributed by atoms with Gasteiger partial charge < -0.3 is 39.9 Å². The maximum Gasteiger partial charge on any atom is 0.348 e. The van der Waals surface area contributed by atoms with Crippen molar-refractivity contribution in [3.05, 3.63) is 59.7 Å². The fourth-order valence-electron chi connectivity index (χ4n) is 5.40. The molecule has 5 rings (SSSR count). The number of β-amino-alcohol motifs (C(OH)–C–C–N with tert-alkyl or cyclic N) is 1. The highest BCUT2D eigenvalue weighted by atomic mass is 35.5. The van der Waals surface area contributed by atoms with Crippen LogP contribution in [0.5, 0.6) is 0 Å². The number of anilines is 1. The fourth-order valence-corrected chi connectivity index (χ4v) is 5.56. The number of carboxylic acid groups (broad SMARTS) is 2. The van der Waals surface area contributed by atoms with Crippen LogP contribution in [0.25, 0.3) is 11.2 Å². The van der Waals surface area contributed by atoms with Crippen molar-refractivity contribution in [2.45, 2.75) is 55.5 Å². The lowest BCUT2D eigenvalue weighted by molar-refractivity contribution is -0.191. The highest BCUT2D eigenvalue weighted by Crippen LogP contribution is 2.43. The molecular formula is C27H30ClN5O9. The fraction of sp³-hybridized carbons (Fsp3) is 0.444. The molecule has 0 bridgehead atoms. The molecule has 4 heterocycles. The molecule has 5 N–H and O–H groups in total. The first-order chi connectivity index (χ1) is 19.9. The van der Waals surface area contributed by atoms with Gasteiger partial charge in [-0.3, -0.25) is 4.57 Å². The Balaban J connectivity index is 1.48. The van der Waals surface area contributed by atoms with E-state index in [4.69, 9.17) is 21.1 Å². The average Bonchev–Trinajstić information content (AvgIpc) is 3.63. The van der Waals surface area contributed by atoms with E-state index in [9.17, 15) is 35.1 Å². The summed E-state index contributed by atoms with van der Waals surface area (Å²) in [6.07, 6.45) is -3.70. The summed E-state index contributed by atoms with van der Waals surface area (Å²) in [6, 6.07) is 8.09. The second-order valence-corrected chi connectivity index (χ2v) is 10.8. The summed E-state index contributed by atoms with van der Waals surface area (Å²) in [5, 5.41) is 52.8. The van der Waals surface area contributed by atoms with Gasteiger partial charge in [0.2, 0.25) is 5.28 Å². The summed E-state index contributed by atoms with van der Waals surface area (Å²) in [6.45, 7) is 5.30. The number of rotatable bonds is 10. The largest absolute Gasteiger partial charge is 0.479 e. The van der Waals surface area contributed by atoms with E-state index in [0.717, 1.165) is 0 Å². The Bertz CT molecular complexity index is 1500. The molecule has 2 aliphatic heterocycles. The number of benzene rings is 1. The van der Waals surface area contributed by atoms with Crippen molar-refractivity contribution < 1.29 is 44.6 Å². The molecule has 2 aliphatic rings. The van der Waals surface area contributed by atoms with Gasteiger partial charge >= 0.3 is 11.9 Å². The van der Waals surface area contributed by atoms with Gasteiger partial charge in [0.15, 0.2) is 23.2 Å². The molecule has 0 saturated carbocycles. The van der Waals surface area contributed by atoms with Crippen LogP contribution in [-0.4, -0.2) is 106 Å². The smallest absolute Gasteiger partial charge is 0.348 e. The minimum Gasteiger partial charge on any atom is -0.479 e. The minimum absolute atomic E-state index is 0.0641. The molecule has 1 aromatic carbocycles. The Hall–Kier alpha value is -3.66. The first-order valence-corrected chi connectivity index (χ1v) is 13.5. The maximum absolute atomic E-state index is 12.3. The summed E-state index contributed by atoms with van der Waals surface area (Å²) >= 11 is 6.22. The Morgan fingerprint density at radius 3 is 2.50 bits per heavy atom. The van der Waals surface area contributed by atoms with Gasteiger partial charge in [-0.05, 0) is 36.1 Å².